The van der Waals surface area contributed by atoms with Crippen LogP contribution >= 0.6 is 0 Å². The van der Waals surface area contributed by atoms with E-state index in [1.54, 1.807) is 0 Å². The van der Waals surface area contributed by atoms with Gasteiger partial charge in [0.15, 0.2) is 0 Å². The van der Waals surface area contributed by atoms with Crippen molar-refractivity contribution in [3.63, 3.8) is 0 Å². The Bertz CT molecular complexity index is 68.1. The van der Waals surface area contributed by atoms with Crippen LogP contribution in [0.4, 0.5) is 0 Å². The van der Waals surface area contributed by atoms with Crippen molar-refractivity contribution < 1.29 is 0 Å². The Labute approximate surface area is 51.6 Å². The van der Waals surface area contributed by atoms with Crippen molar-refractivity contribution in [3.8, 4) is 0 Å². The molecule has 1 atom stereocenters. The molecule has 0 saturated heterocycles. The zero-order valence-corrected chi connectivity index (χ0v) is 5.27. The van der Waals surface area contributed by atoms with Gasteiger partial charge in [0.05, 0.1) is 0 Å². The predicted molar refractivity (Wildman–Crippen MR) is 36.5 cm³/mol. The van der Waals surface area contributed by atoms with E-state index < -0.39 is 0 Å². The lowest BCUT2D eigenvalue weighted by molar-refractivity contribution is 0.513. The van der Waals surface area contributed by atoms with E-state index in [1.807, 2.05) is 0 Å². The minimum Gasteiger partial charge on any atom is -0.103 e. The first-order valence-corrected chi connectivity index (χ1v) is 3.39. The quantitative estimate of drug-likeness (QED) is 0.454. The van der Waals surface area contributed by atoms with Crippen LogP contribution in [-0.2, 0) is 0 Å². The molecule has 8 heavy (non-hydrogen) atoms. The molecule has 0 N–H and O–H groups in total. The Morgan fingerprint density at radius 3 is 2.75 bits per heavy atom. The predicted octanol–water partition coefficient (Wildman–Crippen LogP) is 2.57. The van der Waals surface area contributed by atoms with Crippen LogP contribution in [0, 0.1) is 12.3 Å². The summed E-state index contributed by atoms with van der Waals surface area (Å²) in [5.74, 6) is 0.726. The van der Waals surface area contributed by atoms with Crippen molar-refractivity contribution in [2.24, 2.45) is 5.92 Å². The maximum atomic E-state index is 3.75. The van der Waals surface area contributed by atoms with E-state index >= 15 is 0 Å². The molecule has 1 rings (SSSR count). The molecule has 0 amide bonds. The van der Waals surface area contributed by atoms with Crippen molar-refractivity contribution in [2.75, 3.05) is 0 Å². The van der Waals surface area contributed by atoms with E-state index in [2.05, 4.69) is 19.1 Å². The van der Waals surface area contributed by atoms with Crippen molar-refractivity contribution >= 4 is 0 Å². The first kappa shape index (κ1) is 5.87. The van der Waals surface area contributed by atoms with Crippen molar-refractivity contribution in [1.82, 2.24) is 0 Å². The second kappa shape index (κ2) is 2.91. The molecule has 0 heterocycles. The number of hydrogen-bond acceptors (Lipinski definition) is 0. The van der Waals surface area contributed by atoms with Gasteiger partial charge in [-0.15, -0.1) is 6.58 Å². The lowest BCUT2D eigenvalue weighted by Gasteiger charge is -2.16. The van der Waals surface area contributed by atoms with Gasteiger partial charge in [-0.1, -0.05) is 18.9 Å². The highest BCUT2D eigenvalue weighted by molar-refractivity contribution is 4.91. The Hall–Kier alpha value is -0.260. The van der Waals surface area contributed by atoms with Gasteiger partial charge >= 0.3 is 0 Å². The molecule has 1 unspecified atom stereocenters. The second-order valence-corrected chi connectivity index (χ2v) is 2.42. The molecule has 0 aromatic heterocycles. The summed E-state index contributed by atoms with van der Waals surface area (Å²) in [6.45, 7) is 3.75. The average Bonchev–Trinajstić information content (AvgIpc) is 1.90. The minimum absolute atomic E-state index is 0.726. The zero-order chi connectivity index (χ0) is 5.82. The average molecular weight is 109 g/mol. The molecule has 0 heteroatoms. The van der Waals surface area contributed by atoms with Gasteiger partial charge in [0.2, 0.25) is 0 Å². The molecule has 0 aliphatic heterocycles. The van der Waals surface area contributed by atoms with Crippen LogP contribution in [0.3, 0.4) is 0 Å². The number of hydrogen-bond donors (Lipinski definition) is 0. The van der Waals surface area contributed by atoms with Crippen LogP contribution in [0.25, 0.3) is 0 Å². The molecule has 1 saturated carbocycles. The summed E-state index contributed by atoms with van der Waals surface area (Å²) in [7, 11) is 0. The largest absolute Gasteiger partial charge is 0.103 e. The van der Waals surface area contributed by atoms with E-state index in [1.165, 1.54) is 25.7 Å². The highest BCUT2D eigenvalue weighted by Crippen LogP contribution is 2.22. The van der Waals surface area contributed by atoms with Crippen molar-refractivity contribution in [3.05, 3.63) is 19.1 Å². The first-order valence-electron chi connectivity index (χ1n) is 3.39. The van der Waals surface area contributed by atoms with Gasteiger partial charge in [0.1, 0.15) is 0 Å². The van der Waals surface area contributed by atoms with Gasteiger partial charge in [-0.3, -0.25) is 0 Å². The Kier molecular flexibility index (Phi) is 2.13. The van der Waals surface area contributed by atoms with Crippen molar-refractivity contribution in [2.45, 2.75) is 25.7 Å². The number of allylic oxidation sites excluding steroid dienone is 1. The number of rotatable bonds is 1. The standard InChI is InChI=1S/C8H13/c1-2-8-6-4-3-5-7-8/h2,6,8H,1,3-5,7H2. The normalized spacial score (nSPS) is 23.0. The third-order valence-corrected chi connectivity index (χ3v) is 1.76. The van der Waals surface area contributed by atoms with Gasteiger partial charge in [0, 0.05) is 0 Å². The summed E-state index contributed by atoms with van der Waals surface area (Å²) < 4.78 is 0. The first-order chi connectivity index (χ1) is 3.93. The van der Waals surface area contributed by atoms with Crippen LogP contribution in [-0.4, -0.2) is 0 Å². The van der Waals surface area contributed by atoms with Gasteiger partial charge in [-0.25, -0.2) is 0 Å². The maximum absolute atomic E-state index is 3.75. The van der Waals surface area contributed by atoms with E-state index in [4.69, 9.17) is 0 Å². The highest BCUT2D eigenvalue weighted by atomic mass is 14.1. The summed E-state index contributed by atoms with van der Waals surface area (Å²) in [6.07, 6.45) is 9.85. The lowest BCUT2D eigenvalue weighted by Crippen LogP contribution is -2.02. The fourth-order valence-electron chi connectivity index (χ4n) is 1.19. The summed E-state index contributed by atoms with van der Waals surface area (Å²) in [5, 5.41) is 0. The lowest BCUT2D eigenvalue weighted by atomic mass is 9.90. The van der Waals surface area contributed by atoms with Crippen LogP contribution < -0.4 is 0 Å². The molecule has 1 fully saturated rings. The topological polar surface area (TPSA) is 0 Å². The molecule has 45 valence electrons. The Balaban J connectivity index is 2.22. The van der Waals surface area contributed by atoms with Gasteiger partial charge < -0.3 is 0 Å². The molecule has 1 aliphatic carbocycles. The molecule has 1 radical (unpaired) electrons. The summed E-state index contributed by atoms with van der Waals surface area (Å²) in [4.78, 5) is 0. The zero-order valence-electron chi connectivity index (χ0n) is 5.27. The van der Waals surface area contributed by atoms with E-state index in [9.17, 15) is 0 Å². The Morgan fingerprint density at radius 1 is 1.50 bits per heavy atom. The van der Waals surface area contributed by atoms with Crippen LogP contribution in [0.1, 0.15) is 25.7 Å². The van der Waals surface area contributed by atoms with Crippen LogP contribution in [0.15, 0.2) is 12.7 Å². The molecule has 0 aromatic carbocycles. The Morgan fingerprint density at radius 2 is 2.38 bits per heavy atom. The fourth-order valence-corrected chi connectivity index (χ4v) is 1.19. The van der Waals surface area contributed by atoms with Crippen molar-refractivity contribution in [1.29, 1.82) is 0 Å². The monoisotopic (exact) mass is 109 g/mol. The molecule has 0 bridgehead atoms. The molecular weight excluding hydrogens is 96.1 g/mol. The van der Waals surface area contributed by atoms with Crippen LogP contribution in [0.5, 0.6) is 0 Å². The minimum atomic E-state index is 0.726. The molecule has 1 aliphatic rings. The van der Waals surface area contributed by atoms with Gasteiger partial charge in [-0.2, -0.15) is 0 Å². The van der Waals surface area contributed by atoms with Gasteiger partial charge in [0.25, 0.3) is 0 Å². The molecule has 0 aromatic rings. The molecule has 0 spiro atoms. The second-order valence-electron chi connectivity index (χ2n) is 2.42. The van der Waals surface area contributed by atoms with E-state index in [0.29, 0.717) is 0 Å². The summed E-state index contributed by atoms with van der Waals surface area (Å²) >= 11 is 0. The molecular formula is C8H13. The third-order valence-electron chi connectivity index (χ3n) is 1.76. The van der Waals surface area contributed by atoms with E-state index in [-0.39, 0.29) is 0 Å². The SMILES string of the molecule is C=CC1[CH]CCCC1. The van der Waals surface area contributed by atoms with Gasteiger partial charge in [-0.05, 0) is 25.2 Å². The van der Waals surface area contributed by atoms with E-state index in [0.717, 1.165) is 5.92 Å². The maximum Gasteiger partial charge on any atom is -0.0205 e. The summed E-state index contributed by atoms with van der Waals surface area (Å²) in [5.41, 5.74) is 0. The third kappa shape index (κ3) is 1.36. The fraction of sp³-hybridized carbons (Fsp3) is 0.625. The highest BCUT2D eigenvalue weighted by Gasteiger charge is 2.08. The molecule has 0 nitrogen and oxygen atoms in total. The smallest absolute Gasteiger partial charge is 0.0205 e. The van der Waals surface area contributed by atoms with Crippen LogP contribution in [0.2, 0.25) is 0 Å². The summed E-state index contributed by atoms with van der Waals surface area (Å²) in [6, 6.07) is 0.